The molecule has 2 fully saturated rings. The van der Waals surface area contributed by atoms with Crippen molar-refractivity contribution in [2.45, 2.75) is 52.6 Å². The summed E-state index contributed by atoms with van der Waals surface area (Å²) in [5, 5.41) is 0.974. The third-order valence-corrected chi connectivity index (χ3v) is 7.07. The van der Waals surface area contributed by atoms with Crippen LogP contribution in [0.3, 0.4) is 0 Å². The molecule has 5 rings (SSSR count). The lowest BCUT2D eigenvalue weighted by atomic mass is 9.79. The summed E-state index contributed by atoms with van der Waals surface area (Å²) in [5.41, 5.74) is 1.97. The molecule has 0 N–H and O–H groups in total. The van der Waals surface area contributed by atoms with Crippen molar-refractivity contribution in [2.24, 2.45) is 17.3 Å². The average molecular weight is 432 g/mol. The minimum absolute atomic E-state index is 0.0114. The van der Waals surface area contributed by atoms with Gasteiger partial charge in [-0.15, -0.1) is 0 Å². The molecule has 2 saturated heterocycles. The van der Waals surface area contributed by atoms with Crippen LogP contribution in [-0.4, -0.2) is 46.1 Å². The van der Waals surface area contributed by atoms with Crippen molar-refractivity contribution in [1.82, 2.24) is 9.88 Å². The molecule has 32 heavy (non-hydrogen) atoms. The highest BCUT2D eigenvalue weighted by Crippen LogP contribution is 2.51. The molecule has 1 aromatic carbocycles. The minimum atomic E-state index is -0.690. The quantitative estimate of drug-likeness (QED) is 0.688. The van der Waals surface area contributed by atoms with Crippen LogP contribution in [0.25, 0.3) is 17.0 Å². The number of unbranched alkanes of at least 4 members (excludes halogenated alkanes) is 1. The molecule has 6 nitrogen and oxygen atoms in total. The molecule has 3 aliphatic heterocycles. The van der Waals surface area contributed by atoms with E-state index >= 15 is 0 Å². The molecule has 4 heterocycles. The fraction of sp³-hybridized carbons (Fsp3) is 0.462. The molecule has 2 amide bonds. The zero-order valence-electron chi connectivity index (χ0n) is 19.0. The summed E-state index contributed by atoms with van der Waals surface area (Å²) < 4.78 is 0. The van der Waals surface area contributed by atoms with Crippen LogP contribution in [0.4, 0.5) is 5.69 Å². The Morgan fingerprint density at radius 3 is 2.56 bits per heavy atom. The van der Waals surface area contributed by atoms with Gasteiger partial charge in [0.1, 0.15) is 6.04 Å². The normalized spacial score (nSPS) is 26.5. The van der Waals surface area contributed by atoms with E-state index in [2.05, 4.69) is 4.98 Å². The second-order valence-electron chi connectivity index (χ2n) is 10.1. The predicted molar refractivity (Wildman–Crippen MR) is 124 cm³/mol. The Morgan fingerprint density at radius 1 is 1.09 bits per heavy atom. The number of hydrogen-bond donors (Lipinski definition) is 0. The zero-order chi connectivity index (χ0) is 22.8. The van der Waals surface area contributed by atoms with Gasteiger partial charge in [-0.05, 0) is 18.1 Å². The molecular formula is C26H29N3O3. The number of nitrogens with zero attached hydrogens (tertiary/aromatic N) is 3. The molecule has 0 radical (unpaired) electrons. The molecule has 0 saturated carbocycles. The maximum Gasteiger partial charge on any atom is 0.235 e. The van der Waals surface area contributed by atoms with Crippen LogP contribution in [0.5, 0.6) is 0 Å². The molecule has 1 aromatic heterocycles. The number of benzene rings is 1. The summed E-state index contributed by atoms with van der Waals surface area (Å²) in [4.78, 5) is 48.9. The van der Waals surface area contributed by atoms with E-state index in [1.165, 1.54) is 4.90 Å². The molecule has 0 aliphatic carbocycles. The minimum Gasteiger partial charge on any atom is -0.351 e. The first kappa shape index (κ1) is 20.9. The highest BCUT2D eigenvalue weighted by molar-refractivity contribution is 6.13. The van der Waals surface area contributed by atoms with Gasteiger partial charge in [-0.25, -0.2) is 0 Å². The number of hydrogen-bond acceptors (Lipinski definition) is 5. The molecule has 4 atom stereocenters. The number of ketones is 1. The molecule has 2 aromatic rings. The van der Waals surface area contributed by atoms with Gasteiger partial charge in [-0.2, -0.15) is 0 Å². The number of rotatable bonds is 4. The molecule has 0 bridgehead atoms. The molecule has 166 valence electrons. The lowest BCUT2D eigenvalue weighted by Gasteiger charge is -2.39. The zero-order valence-corrected chi connectivity index (χ0v) is 19.0. The van der Waals surface area contributed by atoms with Crippen LogP contribution >= 0.6 is 0 Å². The predicted octanol–water partition coefficient (Wildman–Crippen LogP) is 3.84. The molecular weight excluding hydrogens is 402 g/mol. The van der Waals surface area contributed by atoms with Crippen LogP contribution < -0.4 is 4.90 Å². The average Bonchev–Trinajstić information content (AvgIpc) is 3.23. The number of pyridine rings is 1. The molecule has 3 aliphatic rings. The number of likely N-dealkylation sites (tertiary alicyclic amines) is 1. The van der Waals surface area contributed by atoms with Crippen molar-refractivity contribution in [2.75, 3.05) is 11.4 Å². The Balaban J connectivity index is 1.70. The van der Waals surface area contributed by atoms with Crippen LogP contribution in [0.2, 0.25) is 0 Å². The second kappa shape index (κ2) is 7.26. The lowest BCUT2D eigenvalue weighted by molar-refractivity contribution is -0.142. The third-order valence-electron chi connectivity index (χ3n) is 7.07. The smallest absolute Gasteiger partial charge is 0.235 e. The number of aromatic nitrogens is 1. The lowest BCUT2D eigenvalue weighted by Crippen LogP contribution is -2.51. The Labute approximate surface area is 188 Å². The van der Waals surface area contributed by atoms with Gasteiger partial charge in [-0.3, -0.25) is 24.3 Å². The summed E-state index contributed by atoms with van der Waals surface area (Å²) in [6.07, 6.45) is 7.43. The second-order valence-corrected chi connectivity index (χ2v) is 10.1. The van der Waals surface area contributed by atoms with E-state index < -0.39 is 23.3 Å². The number of carbonyl (C=O) groups excluding carboxylic acids is 3. The maximum absolute atomic E-state index is 13.8. The van der Waals surface area contributed by atoms with E-state index in [1.54, 1.807) is 6.20 Å². The van der Waals surface area contributed by atoms with Gasteiger partial charge >= 0.3 is 0 Å². The van der Waals surface area contributed by atoms with Crippen molar-refractivity contribution in [1.29, 1.82) is 0 Å². The Hall–Kier alpha value is -3.02. The molecule has 6 heteroatoms. The first-order chi connectivity index (χ1) is 15.3. The number of anilines is 1. The standard InChI is InChI=1S/C26H29N3O3/c1-5-6-14-28-24(31)18-17-12-11-16-10-9-15-8-7-13-27-20(15)21(16)29(17)22(19(18)25(28)32)23(30)26(2,3)4/h7-13,17-19,22H,5-6,14H2,1-4H3/t17-,18+,19-,22+/m1/s1. The number of carbonyl (C=O) groups is 3. The van der Waals surface area contributed by atoms with E-state index in [1.807, 2.05) is 69.0 Å². The fourth-order valence-corrected chi connectivity index (χ4v) is 5.52. The third kappa shape index (κ3) is 2.85. The van der Waals surface area contributed by atoms with Gasteiger partial charge in [0.2, 0.25) is 11.8 Å². The highest BCUT2D eigenvalue weighted by atomic mass is 16.2. The summed E-state index contributed by atoms with van der Waals surface area (Å²) in [6.45, 7) is 8.12. The van der Waals surface area contributed by atoms with E-state index in [0.29, 0.717) is 6.54 Å². The van der Waals surface area contributed by atoms with Gasteiger partial charge in [0.15, 0.2) is 5.78 Å². The Kier molecular flexibility index (Phi) is 4.73. The topological polar surface area (TPSA) is 70.6 Å². The van der Waals surface area contributed by atoms with Crippen LogP contribution in [-0.2, 0) is 14.4 Å². The Morgan fingerprint density at radius 2 is 1.84 bits per heavy atom. The van der Waals surface area contributed by atoms with Crippen molar-refractivity contribution in [3.63, 3.8) is 0 Å². The van der Waals surface area contributed by atoms with E-state index in [-0.39, 0.29) is 23.6 Å². The number of amides is 2. The fourth-order valence-electron chi connectivity index (χ4n) is 5.52. The Bertz CT molecular complexity index is 1160. The SMILES string of the molecule is CCCCN1C(=O)[C@@H]2[C@@H](C1=O)[C@@H](C(=O)C(C)(C)C)N1c3c(ccc4cccnc34)C=C[C@H]21. The highest BCUT2D eigenvalue weighted by Gasteiger charge is 2.64. The summed E-state index contributed by atoms with van der Waals surface area (Å²) in [7, 11) is 0. The summed E-state index contributed by atoms with van der Waals surface area (Å²) >= 11 is 0. The van der Waals surface area contributed by atoms with Crippen LogP contribution in [0.15, 0.2) is 36.5 Å². The largest absolute Gasteiger partial charge is 0.351 e. The van der Waals surface area contributed by atoms with Crippen molar-refractivity contribution < 1.29 is 14.4 Å². The molecule has 0 unspecified atom stereocenters. The van der Waals surface area contributed by atoms with Crippen molar-refractivity contribution in [3.05, 3.63) is 42.1 Å². The van der Waals surface area contributed by atoms with Gasteiger partial charge in [0.25, 0.3) is 0 Å². The first-order valence-corrected chi connectivity index (χ1v) is 11.5. The maximum atomic E-state index is 13.8. The number of imide groups is 1. The van der Waals surface area contributed by atoms with Crippen molar-refractivity contribution >= 4 is 40.3 Å². The summed E-state index contributed by atoms with van der Waals surface area (Å²) in [6, 6.07) is 6.90. The van der Waals surface area contributed by atoms with E-state index in [0.717, 1.165) is 35.0 Å². The van der Waals surface area contributed by atoms with Gasteiger partial charge in [0, 0.05) is 23.5 Å². The van der Waals surface area contributed by atoms with Crippen LogP contribution in [0, 0.1) is 17.3 Å². The number of Topliss-reactive ketones (excluding diaryl/α,β-unsaturated/α-hetero) is 1. The monoisotopic (exact) mass is 431 g/mol. The van der Waals surface area contributed by atoms with Crippen molar-refractivity contribution in [3.8, 4) is 0 Å². The number of fused-ring (bicyclic) bond motifs is 7. The van der Waals surface area contributed by atoms with Gasteiger partial charge in [0.05, 0.1) is 29.1 Å². The van der Waals surface area contributed by atoms with Gasteiger partial charge in [-0.1, -0.05) is 64.5 Å². The van der Waals surface area contributed by atoms with Gasteiger partial charge < -0.3 is 4.90 Å². The summed E-state index contributed by atoms with van der Waals surface area (Å²) in [5.74, 6) is -1.56. The first-order valence-electron chi connectivity index (χ1n) is 11.5. The van der Waals surface area contributed by atoms with E-state index in [9.17, 15) is 14.4 Å². The van der Waals surface area contributed by atoms with E-state index in [4.69, 9.17) is 0 Å². The molecule has 0 spiro atoms. The van der Waals surface area contributed by atoms with Crippen LogP contribution in [0.1, 0.15) is 46.1 Å².